The molecule has 72 valence electrons. The average Bonchev–Trinajstić information content (AvgIpc) is 2.18. The quantitative estimate of drug-likeness (QED) is 0.686. The monoisotopic (exact) mass is 189 g/mol. The first kappa shape index (κ1) is 8.94. The van der Waals surface area contributed by atoms with Gasteiger partial charge in [0, 0.05) is 12.3 Å². The number of nitrogens with zero attached hydrogens (tertiary/aromatic N) is 1. The summed E-state index contributed by atoms with van der Waals surface area (Å²) in [4.78, 5) is 14.8. The summed E-state index contributed by atoms with van der Waals surface area (Å²) in [5.41, 5.74) is 2.87. The minimum absolute atomic E-state index is 0.816. The van der Waals surface area contributed by atoms with Gasteiger partial charge in [0.25, 0.3) is 0 Å². The Bertz CT molecular complexity index is 396. The summed E-state index contributed by atoms with van der Waals surface area (Å²) in [5.74, 6) is -0.890. The summed E-state index contributed by atoms with van der Waals surface area (Å²) in [7, 11) is 0. The highest BCUT2D eigenvalue weighted by atomic mass is 16.4. The summed E-state index contributed by atoms with van der Waals surface area (Å²) in [6, 6.07) is 3.90. The van der Waals surface area contributed by atoms with Gasteiger partial charge in [0.15, 0.2) is 0 Å². The highest BCUT2D eigenvalue weighted by molar-refractivity contribution is 5.90. The Morgan fingerprint density at radius 2 is 2.36 bits per heavy atom. The van der Waals surface area contributed by atoms with E-state index in [1.165, 1.54) is 6.08 Å². The van der Waals surface area contributed by atoms with E-state index >= 15 is 0 Å². The normalized spacial score (nSPS) is 17.9. The number of aryl methyl sites for hydroxylation is 1. The molecule has 0 aliphatic heterocycles. The second kappa shape index (κ2) is 3.62. The van der Waals surface area contributed by atoms with Gasteiger partial charge in [-0.25, -0.2) is 4.79 Å². The molecule has 0 aromatic carbocycles. The van der Waals surface area contributed by atoms with Gasteiger partial charge >= 0.3 is 5.97 Å². The maximum absolute atomic E-state index is 10.6. The number of carbonyl (C=O) groups is 1. The van der Waals surface area contributed by atoms with Gasteiger partial charge in [0.05, 0.1) is 5.69 Å². The lowest BCUT2D eigenvalue weighted by molar-refractivity contribution is -0.131. The fraction of sp³-hybridized carbons (Fsp3) is 0.273. The molecule has 0 saturated carbocycles. The molecule has 0 bridgehead atoms. The number of rotatable bonds is 1. The van der Waals surface area contributed by atoms with E-state index in [0.29, 0.717) is 0 Å². The van der Waals surface area contributed by atoms with Crippen molar-refractivity contribution >= 4 is 11.5 Å². The zero-order valence-corrected chi connectivity index (χ0v) is 7.73. The second-order valence-electron chi connectivity index (χ2n) is 3.37. The van der Waals surface area contributed by atoms with Crippen LogP contribution in [0.1, 0.15) is 24.1 Å². The fourth-order valence-electron chi connectivity index (χ4n) is 1.81. The Kier molecular flexibility index (Phi) is 2.31. The molecule has 1 N–H and O–H groups in total. The minimum atomic E-state index is -0.890. The summed E-state index contributed by atoms with van der Waals surface area (Å²) in [6.45, 7) is 0. The number of fused-ring (bicyclic) bond motifs is 1. The van der Waals surface area contributed by atoms with E-state index in [1.54, 1.807) is 6.20 Å². The van der Waals surface area contributed by atoms with Crippen LogP contribution in [0.3, 0.4) is 0 Å². The van der Waals surface area contributed by atoms with Crippen molar-refractivity contribution in [2.75, 3.05) is 0 Å². The van der Waals surface area contributed by atoms with E-state index in [-0.39, 0.29) is 0 Å². The third-order valence-electron chi connectivity index (χ3n) is 2.39. The molecule has 3 nitrogen and oxygen atoms in total. The molecule has 0 fully saturated rings. The Hall–Kier alpha value is -1.64. The van der Waals surface area contributed by atoms with Gasteiger partial charge < -0.3 is 5.11 Å². The van der Waals surface area contributed by atoms with E-state index < -0.39 is 5.97 Å². The highest BCUT2D eigenvalue weighted by Crippen LogP contribution is 2.28. The van der Waals surface area contributed by atoms with Crippen molar-refractivity contribution in [1.29, 1.82) is 0 Å². The van der Waals surface area contributed by atoms with E-state index in [0.717, 1.165) is 36.1 Å². The lowest BCUT2D eigenvalue weighted by Gasteiger charge is -2.16. The molecular formula is C11H11NO2. The molecule has 0 spiro atoms. The Morgan fingerprint density at radius 3 is 3.14 bits per heavy atom. The first-order valence-corrected chi connectivity index (χ1v) is 4.65. The number of pyridine rings is 1. The molecule has 0 saturated heterocycles. The smallest absolute Gasteiger partial charge is 0.328 e. The zero-order valence-electron chi connectivity index (χ0n) is 7.73. The van der Waals surface area contributed by atoms with Crippen LogP contribution in [0.15, 0.2) is 24.4 Å². The largest absolute Gasteiger partial charge is 0.478 e. The van der Waals surface area contributed by atoms with Gasteiger partial charge in [-0.2, -0.15) is 0 Å². The van der Waals surface area contributed by atoms with Gasteiger partial charge in [0.1, 0.15) is 0 Å². The van der Waals surface area contributed by atoms with Crippen molar-refractivity contribution in [1.82, 2.24) is 4.98 Å². The summed E-state index contributed by atoms with van der Waals surface area (Å²) >= 11 is 0. The minimum Gasteiger partial charge on any atom is -0.478 e. The zero-order chi connectivity index (χ0) is 9.97. The van der Waals surface area contributed by atoms with Crippen LogP contribution in [0.25, 0.3) is 5.57 Å². The number of aromatic nitrogens is 1. The van der Waals surface area contributed by atoms with Crippen molar-refractivity contribution < 1.29 is 9.90 Å². The molecule has 1 aliphatic carbocycles. The molecule has 1 heterocycles. The Balaban J connectivity index is 2.45. The molecule has 0 amide bonds. The predicted octanol–water partition coefficient (Wildman–Crippen LogP) is 1.89. The van der Waals surface area contributed by atoms with Crippen LogP contribution in [0.2, 0.25) is 0 Å². The third-order valence-corrected chi connectivity index (χ3v) is 2.39. The van der Waals surface area contributed by atoms with Gasteiger partial charge in [-0.3, -0.25) is 4.98 Å². The van der Waals surface area contributed by atoms with Crippen LogP contribution in [-0.4, -0.2) is 16.1 Å². The van der Waals surface area contributed by atoms with Crippen molar-refractivity contribution in [3.63, 3.8) is 0 Å². The number of carboxylic acid groups (broad SMARTS) is 1. The average molecular weight is 189 g/mol. The van der Waals surface area contributed by atoms with Crippen LogP contribution in [0.4, 0.5) is 0 Å². The van der Waals surface area contributed by atoms with Gasteiger partial charge in [-0.15, -0.1) is 0 Å². The van der Waals surface area contributed by atoms with Crippen molar-refractivity contribution in [2.45, 2.75) is 19.3 Å². The number of allylic oxidation sites excluding steroid dienone is 1. The van der Waals surface area contributed by atoms with Gasteiger partial charge in [-0.05, 0) is 36.5 Å². The van der Waals surface area contributed by atoms with E-state index in [4.69, 9.17) is 5.11 Å². The van der Waals surface area contributed by atoms with Crippen LogP contribution >= 0.6 is 0 Å². The van der Waals surface area contributed by atoms with E-state index in [2.05, 4.69) is 4.98 Å². The molecule has 14 heavy (non-hydrogen) atoms. The molecule has 0 unspecified atom stereocenters. The standard InChI is InChI=1S/C11H11NO2/c13-10(14)7-9-4-1-3-8-5-2-6-12-11(8)9/h2,5-7H,1,3-4H2,(H,13,14)/b9-7-. The second-order valence-corrected chi connectivity index (χ2v) is 3.37. The first-order chi connectivity index (χ1) is 6.77. The Morgan fingerprint density at radius 1 is 1.50 bits per heavy atom. The summed E-state index contributed by atoms with van der Waals surface area (Å²) < 4.78 is 0. The maximum Gasteiger partial charge on any atom is 0.328 e. The van der Waals surface area contributed by atoms with Crippen LogP contribution in [0, 0.1) is 0 Å². The van der Waals surface area contributed by atoms with Crippen LogP contribution in [0.5, 0.6) is 0 Å². The van der Waals surface area contributed by atoms with Crippen molar-refractivity contribution in [3.8, 4) is 0 Å². The molecule has 1 aromatic heterocycles. The van der Waals surface area contributed by atoms with E-state index in [9.17, 15) is 4.79 Å². The summed E-state index contributed by atoms with van der Waals surface area (Å²) in [6.07, 6.45) is 5.80. The topological polar surface area (TPSA) is 50.2 Å². The lowest BCUT2D eigenvalue weighted by Crippen LogP contribution is -2.05. The maximum atomic E-state index is 10.6. The van der Waals surface area contributed by atoms with E-state index in [1.807, 2.05) is 12.1 Å². The highest BCUT2D eigenvalue weighted by Gasteiger charge is 2.15. The predicted molar refractivity (Wildman–Crippen MR) is 52.8 cm³/mol. The number of aliphatic carboxylic acids is 1. The summed E-state index contributed by atoms with van der Waals surface area (Å²) in [5, 5.41) is 8.69. The number of hydrogen-bond donors (Lipinski definition) is 1. The van der Waals surface area contributed by atoms with Gasteiger partial charge in [0.2, 0.25) is 0 Å². The molecular weight excluding hydrogens is 178 g/mol. The van der Waals surface area contributed by atoms with Crippen LogP contribution < -0.4 is 0 Å². The fourth-order valence-corrected chi connectivity index (χ4v) is 1.81. The van der Waals surface area contributed by atoms with Crippen molar-refractivity contribution in [2.24, 2.45) is 0 Å². The molecule has 2 rings (SSSR count). The Labute approximate surface area is 82.1 Å². The third kappa shape index (κ3) is 1.66. The first-order valence-electron chi connectivity index (χ1n) is 4.65. The molecule has 1 aliphatic rings. The number of hydrogen-bond acceptors (Lipinski definition) is 2. The molecule has 0 radical (unpaired) electrons. The lowest BCUT2D eigenvalue weighted by atomic mass is 9.91. The van der Waals surface area contributed by atoms with Crippen LogP contribution in [-0.2, 0) is 11.2 Å². The molecule has 1 aromatic rings. The van der Waals surface area contributed by atoms with Gasteiger partial charge in [-0.1, -0.05) is 6.07 Å². The SMILES string of the molecule is O=C(O)/C=C1/CCCc2cccnc21. The molecule has 3 heteroatoms. The molecule has 0 atom stereocenters. The number of carboxylic acids is 1. The van der Waals surface area contributed by atoms with Crippen molar-refractivity contribution in [3.05, 3.63) is 35.7 Å².